The first-order chi connectivity index (χ1) is 6.06. The van der Waals surface area contributed by atoms with Crippen molar-refractivity contribution < 1.29 is 20.5 Å². The second-order valence-corrected chi connectivity index (χ2v) is 5.58. The largest absolute Gasteiger partial charge is 0.479 e. The van der Waals surface area contributed by atoms with Crippen LogP contribution in [0.1, 0.15) is 40.5 Å². The van der Waals surface area contributed by atoms with E-state index < -0.39 is 11.6 Å². The van der Waals surface area contributed by atoms with E-state index in [1.54, 1.807) is 0 Å². The number of rotatable bonds is 1. The lowest BCUT2D eigenvalue weighted by atomic mass is 9.73. The topological polar surface area (TPSA) is 101 Å². The minimum Gasteiger partial charge on any atom is -0.479 e. The molecular weight excluding hydrogens is 198 g/mol. The van der Waals surface area contributed by atoms with E-state index in [2.05, 4.69) is 5.32 Å². The number of carboxylic acids is 1. The van der Waals surface area contributed by atoms with Crippen LogP contribution in [0.2, 0.25) is 0 Å². The van der Waals surface area contributed by atoms with Crippen LogP contribution in [0.4, 0.5) is 0 Å². The summed E-state index contributed by atoms with van der Waals surface area (Å²) in [5.74, 6) is -1.12. The first-order valence-electron chi connectivity index (χ1n) is 4.82. The Hall–Kier alpha value is -0.650. The molecule has 5 heteroatoms. The average Bonchev–Trinajstić information content (AvgIpc) is 1.76. The number of hydrogen-bond acceptors (Lipinski definition) is 3. The molecule has 0 aromatic rings. The van der Waals surface area contributed by atoms with Crippen molar-refractivity contribution in [3.63, 3.8) is 0 Å². The molecule has 1 aliphatic heterocycles. The molecule has 1 aliphatic rings. The summed E-state index contributed by atoms with van der Waals surface area (Å²) in [6.45, 7) is 7.62. The molecule has 5 N–H and O–H groups in total. The summed E-state index contributed by atoms with van der Waals surface area (Å²) in [5.41, 5.74) is -2.30. The van der Waals surface area contributed by atoms with Crippen molar-refractivity contribution in [2.75, 3.05) is 0 Å². The van der Waals surface area contributed by atoms with Gasteiger partial charge in [-0.05, 0) is 27.7 Å². The molecule has 0 aliphatic carbocycles. The number of nitrogens with one attached hydrogen (secondary N) is 1. The van der Waals surface area contributed by atoms with Gasteiger partial charge in [0.25, 0.3) is 0 Å². The van der Waals surface area contributed by atoms with Crippen molar-refractivity contribution >= 4 is 5.97 Å². The Morgan fingerprint density at radius 2 is 1.47 bits per heavy atom. The van der Waals surface area contributed by atoms with E-state index in [4.69, 9.17) is 5.11 Å². The van der Waals surface area contributed by atoms with Crippen molar-refractivity contribution in [2.45, 2.75) is 57.2 Å². The first-order valence-corrected chi connectivity index (χ1v) is 4.82. The predicted octanol–water partition coefficient (Wildman–Crippen LogP) is -0.0820. The Kier molecular flexibility index (Phi) is 3.57. The number of carboxylic acid groups (broad SMARTS) is 1. The molecule has 1 fully saturated rings. The van der Waals surface area contributed by atoms with Gasteiger partial charge in [-0.3, -0.25) is 0 Å². The van der Waals surface area contributed by atoms with Crippen molar-refractivity contribution in [1.82, 2.24) is 5.32 Å². The first kappa shape index (κ1) is 14.3. The molecule has 15 heavy (non-hydrogen) atoms. The lowest BCUT2D eigenvalue weighted by molar-refractivity contribution is -0.168. The molecule has 90 valence electrons. The standard InChI is InChI=1S/C10H19NO3.H2O/c1-8(2)5-10(14,7(12)13)6-9(3,4)11-8;/h11,14H,5-6H2,1-4H3,(H,12,13);1H2. The Labute approximate surface area is 89.8 Å². The van der Waals surface area contributed by atoms with Crippen LogP contribution in [0, 0.1) is 0 Å². The Morgan fingerprint density at radius 1 is 1.13 bits per heavy atom. The second-order valence-electron chi connectivity index (χ2n) is 5.58. The van der Waals surface area contributed by atoms with Gasteiger partial charge in [-0.1, -0.05) is 0 Å². The normalized spacial score (nSPS) is 26.5. The molecule has 5 nitrogen and oxygen atoms in total. The summed E-state index contributed by atoms with van der Waals surface area (Å²) in [6.07, 6.45) is 0.470. The van der Waals surface area contributed by atoms with Crippen LogP contribution < -0.4 is 5.32 Å². The molecule has 0 atom stereocenters. The molecule has 1 rings (SSSR count). The molecule has 0 unspecified atom stereocenters. The fourth-order valence-corrected chi connectivity index (χ4v) is 2.68. The number of carbonyl (C=O) groups is 1. The molecule has 0 radical (unpaired) electrons. The smallest absolute Gasteiger partial charge is 0.335 e. The Morgan fingerprint density at radius 3 is 1.73 bits per heavy atom. The molecule has 0 aromatic heterocycles. The summed E-state index contributed by atoms with van der Waals surface area (Å²) < 4.78 is 0. The number of piperidine rings is 1. The van der Waals surface area contributed by atoms with Gasteiger partial charge in [0.05, 0.1) is 0 Å². The number of hydrogen-bond donors (Lipinski definition) is 3. The third-order valence-electron chi connectivity index (χ3n) is 2.54. The van der Waals surface area contributed by atoms with E-state index in [1.165, 1.54) is 0 Å². The maximum absolute atomic E-state index is 11.0. The van der Waals surface area contributed by atoms with Crippen LogP contribution in [0.25, 0.3) is 0 Å². The average molecular weight is 219 g/mol. The zero-order valence-corrected chi connectivity index (χ0v) is 9.72. The van der Waals surface area contributed by atoms with Crippen LogP contribution in [0.3, 0.4) is 0 Å². The van der Waals surface area contributed by atoms with Crippen LogP contribution in [0.5, 0.6) is 0 Å². The Balaban J connectivity index is 0.00000196. The van der Waals surface area contributed by atoms with Gasteiger partial charge in [-0.15, -0.1) is 0 Å². The van der Waals surface area contributed by atoms with Crippen molar-refractivity contribution in [2.24, 2.45) is 0 Å². The fraction of sp³-hybridized carbons (Fsp3) is 0.900. The van der Waals surface area contributed by atoms with Gasteiger partial charge >= 0.3 is 5.97 Å². The van der Waals surface area contributed by atoms with Crippen LogP contribution in [-0.4, -0.2) is 38.3 Å². The van der Waals surface area contributed by atoms with E-state index in [9.17, 15) is 9.90 Å². The quantitative estimate of drug-likeness (QED) is 0.574. The number of aliphatic carboxylic acids is 1. The number of aliphatic hydroxyl groups is 1. The van der Waals surface area contributed by atoms with E-state index in [-0.39, 0.29) is 29.4 Å². The molecule has 1 saturated heterocycles. The van der Waals surface area contributed by atoms with Gasteiger partial charge < -0.3 is 21.0 Å². The van der Waals surface area contributed by atoms with Gasteiger partial charge in [-0.2, -0.15) is 0 Å². The summed E-state index contributed by atoms with van der Waals surface area (Å²) in [7, 11) is 0. The lowest BCUT2D eigenvalue weighted by Gasteiger charge is -2.48. The Bertz CT molecular complexity index is 244. The van der Waals surface area contributed by atoms with Gasteiger partial charge in [0.2, 0.25) is 0 Å². The van der Waals surface area contributed by atoms with Crippen molar-refractivity contribution in [1.29, 1.82) is 0 Å². The third kappa shape index (κ3) is 3.15. The highest BCUT2D eigenvalue weighted by atomic mass is 16.4. The molecule has 0 saturated carbocycles. The monoisotopic (exact) mass is 219 g/mol. The van der Waals surface area contributed by atoms with Crippen LogP contribution >= 0.6 is 0 Å². The van der Waals surface area contributed by atoms with E-state index in [0.717, 1.165) is 0 Å². The fourth-order valence-electron chi connectivity index (χ4n) is 2.68. The van der Waals surface area contributed by atoms with Crippen LogP contribution in [0.15, 0.2) is 0 Å². The predicted molar refractivity (Wildman–Crippen MR) is 56.7 cm³/mol. The third-order valence-corrected chi connectivity index (χ3v) is 2.54. The molecule has 1 heterocycles. The molecule has 0 spiro atoms. The zero-order chi connectivity index (χ0) is 11.2. The van der Waals surface area contributed by atoms with Gasteiger partial charge in [-0.25, -0.2) is 4.79 Å². The maximum Gasteiger partial charge on any atom is 0.335 e. The maximum atomic E-state index is 11.0. The minimum absolute atomic E-state index is 0. The highest BCUT2D eigenvalue weighted by Gasteiger charge is 2.50. The summed E-state index contributed by atoms with van der Waals surface area (Å²) in [6, 6.07) is 0. The summed E-state index contributed by atoms with van der Waals surface area (Å²) in [4.78, 5) is 11.0. The molecule has 0 bridgehead atoms. The molecular formula is C10H21NO4. The summed E-state index contributed by atoms with van der Waals surface area (Å²) in [5, 5.41) is 22.3. The van der Waals surface area contributed by atoms with Crippen molar-refractivity contribution in [3.8, 4) is 0 Å². The van der Waals surface area contributed by atoms with E-state index >= 15 is 0 Å². The van der Waals surface area contributed by atoms with E-state index in [0.29, 0.717) is 0 Å². The minimum atomic E-state index is -1.60. The molecule has 0 aromatic carbocycles. The zero-order valence-electron chi connectivity index (χ0n) is 9.72. The van der Waals surface area contributed by atoms with E-state index in [1.807, 2.05) is 27.7 Å². The van der Waals surface area contributed by atoms with Gasteiger partial charge in [0, 0.05) is 23.9 Å². The van der Waals surface area contributed by atoms with Crippen LogP contribution in [-0.2, 0) is 4.79 Å². The van der Waals surface area contributed by atoms with Gasteiger partial charge in [0.15, 0.2) is 5.60 Å². The highest BCUT2D eigenvalue weighted by molar-refractivity contribution is 5.77. The summed E-state index contributed by atoms with van der Waals surface area (Å²) >= 11 is 0. The molecule has 0 amide bonds. The second kappa shape index (κ2) is 3.73. The van der Waals surface area contributed by atoms with Crippen molar-refractivity contribution in [3.05, 3.63) is 0 Å². The SMILES string of the molecule is CC1(C)CC(O)(C(=O)O)CC(C)(C)N1.O. The lowest BCUT2D eigenvalue weighted by Crippen LogP contribution is -2.65. The highest BCUT2D eigenvalue weighted by Crippen LogP contribution is 2.35. The van der Waals surface area contributed by atoms with Gasteiger partial charge in [0.1, 0.15) is 0 Å².